The second-order valence-electron chi connectivity index (χ2n) is 4.67. The maximum absolute atomic E-state index is 11.9. The molecule has 102 valence electrons. The topological polar surface area (TPSA) is 73.8 Å². The molecule has 6 nitrogen and oxygen atoms in total. The molecule has 0 radical (unpaired) electrons. The molecule has 0 spiro atoms. The fourth-order valence-electron chi connectivity index (χ4n) is 1.66. The molecule has 0 aliphatic heterocycles. The van der Waals surface area contributed by atoms with Crippen molar-refractivity contribution in [2.45, 2.75) is 40.2 Å². The third-order valence-electron chi connectivity index (χ3n) is 2.83. The van der Waals surface area contributed by atoms with Gasteiger partial charge in [-0.05, 0) is 29.8 Å². The third-order valence-corrected chi connectivity index (χ3v) is 3.98. The lowest BCUT2D eigenvalue weighted by Crippen LogP contribution is -2.27. The van der Waals surface area contributed by atoms with Gasteiger partial charge in [-0.25, -0.2) is 4.79 Å². The zero-order valence-corrected chi connectivity index (χ0v) is 12.9. The van der Waals surface area contributed by atoms with Crippen LogP contribution in [0.1, 0.15) is 42.9 Å². The van der Waals surface area contributed by atoms with Crippen molar-refractivity contribution >= 4 is 15.9 Å². The summed E-state index contributed by atoms with van der Waals surface area (Å²) in [5.41, 5.74) is 1.15. The quantitative estimate of drug-likeness (QED) is 0.864. The van der Waals surface area contributed by atoms with Gasteiger partial charge in [-0.15, -0.1) is 0 Å². The summed E-state index contributed by atoms with van der Waals surface area (Å²) in [6, 6.07) is 0. The minimum atomic E-state index is -0.317. The molecular weight excluding hydrogens is 312 g/mol. The molecule has 2 heterocycles. The number of aryl methyl sites for hydroxylation is 1. The highest BCUT2D eigenvalue weighted by molar-refractivity contribution is 9.10. The lowest BCUT2D eigenvalue weighted by atomic mass is 10.2. The van der Waals surface area contributed by atoms with Crippen LogP contribution in [0.3, 0.4) is 0 Å². The molecule has 0 aliphatic carbocycles. The van der Waals surface area contributed by atoms with Crippen LogP contribution in [0.2, 0.25) is 0 Å². The van der Waals surface area contributed by atoms with Gasteiger partial charge in [0.1, 0.15) is 6.54 Å². The van der Waals surface area contributed by atoms with E-state index in [1.54, 1.807) is 6.92 Å². The van der Waals surface area contributed by atoms with Gasteiger partial charge in [0.25, 0.3) is 0 Å². The Morgan fingerprint density at radius 2 is 2.00 bits per heavy atom. The second kappa shape index (κ2) is 5.24. The van der Waals surface area contributed by atoms with Crippen molar-refractivity contribution < 1.29 is 4.52 Å². The molecule has 0 fully saturated rings. The Kier molecular flexibility index (Phi) is 3.84. The Hall–Kier alpha value is -1.50. The molecule has 0 aromatic carbocycles. The van der Waals surface area contributed by atoms with Crippen molar-refractivity contribution in [1.82, 2.24) is 19.7 Å². The van der Waals surface area contributed by atoms with Gasteiger partial charge in [-0.3, -0.25) is 4.57 Å². The van der Waals surface area contributed by atoms with Gasteiger partial charge in [-0.1, -0.05) is 19.0 Å². The predicted octanol–water partition coefficient (Wildman–Crippen LogP) is 2.18. The minimum absolute atomic E-state index is 0.193. The predicted molar refractivity (Wildman–Crippen MR) is 73.2 cm³/mol. The van der Waals surface area contributed by atoms with E-state index in [1.165, 1.54) is 4.57 Å². The van der Waals surface area contributed by atoms with Crippen molar-refractivity contribution in [1.29, 1.82) is 0 Å². The highest BCUT2D eigenvalue weighted by Gasteiger charge is 2.14. The summed E-state index contributed by atoms with van der Waals surface area (Å²) in [6.07, 6.45) is 0. The Morgan fingerprint density at radius 1 is 1.32 bits per heavy atom. The largest absolute Gasteiger partial charge is 0.348 e. The van der Waals surface area contributed by atoms with Crippen LogP contribution in [-0.4, -0.2) is 19.7 Å². The van der Waals surface area contributed by atoms with Crippen LogP contribution in [0.5, 0.6) is 0 Å². The average Bonchev–Trinajstić information content (AvgIpc) is 2.81. The van der Waals surface area contributed by atoms with Gasteiger partial charge >= 0.3 is 5.69 Å². The fourth-order valence-corrected chi connectivity index (χ4v) is 1.97. The molecule has 0 bridgehead atoms. The van der Waals surface area contributed by atoms with Crippen molar-refractivity contribution in [2.24, 2.45) is 0 Å². The molecule has 2 aromatic heterocycles. The van der Waals surface area contributed by atoms with Crippen molar-refractivity contribution in [2.75, 3.05) is 0 Å². The number of aromatic nitrogens is 4. The van der Waals surface area contributed by atoms with E-state index in [9.17, 15) is 4.79 Å². The molecule has 0 saturated carbocycles. The Bertz CT molecular complexity index is 660. The maximum atomic E-state index is 11.9. The summed E-state index contributed by atoms with van der Waals surface area (Å²) < 4.78 is 7.47. The average molecular weight is 327 g/mol. The fraction of sp³-hybridized carbons (Fsp3) is 0.500. The standard InChI is InChI=1S/C12H15BrN4O2/c1-6(2)11-15-9(19-16-11)5-17-8(4)10(13)7(3)14-12(17)18/h6H,5H2,1-4H3. The SMILES string of the molecule is Cc1nc(=O)n(Cc2nc(C(C)C)no2)c(C)c1Br. The molecular formula is C12H15BrN4O2. The van der Waals surface area contributed by atoms with Crippen LogP contribution in [0.4, 0.5) is 0 Å². The van der Waals surface area contributed by atoms with E-state index in [0.717, 1.165) is 10.2 Å². The molecule has 2 aromatic rings. The highest BCUT2D eigenvalue weighted by Crippen LogP contribution is 2.17. The Balaban J connectivity index is 2.38. The van der Waals surface area contributed by atoms with Gasteiger partial charge in [0.05, 0.1) is 10.2 Å². The van der Waals surface area contributed by atoms with Gasteiger partial charge in [0.15, 0.2) is 5.82 Å². The van der Waals surface area contributed by atoms with E-state index in [1.807, 2.05) is 20.8 Å². The van der Waals surface area contributed by atoms with Gasteiger partial charge < -0.3 is 4.52 Å². The number of halogens is 1. The number of hydrogen-bond donors (Lipinski definition) is 0. The normalized spacial score (nSPS) is 11.3. The highest BCUT2D eigenvalue weighted by atomic mass is 79.9. The van der Waals surface area contributed by atoms with Crippen molar-refractivity contribution in [3.63, 3.8) is 0 Å². The molecule has 19 heavy (non-hydrogen) atoms. The molecule has 0 unspecified atom stereocenters. The molecule has 0 saturated heterocycles. The first-order chi connectivity index (χ1) is 8.90. The van der Waals surface area contributed by atoms with Crippen LogP contribution in [0.15, 0.2) is 13.8 Å². The van der Waals surface area contributed by atoms with Crippen molar-refractivity contribution in [3.8, 4) is 0 Å². The van der Waals surface area contributed by atoms with E-state index in [4.69, 9.17) is 4.52 Å². The van der Waals surface area contributed by atoms with Crippen LogP contribution < -0.4 is 5.69 Å². The van der Waals surface area contributed by atoms with E-state index in [2.05, 4.69) is 31.1 Å². The first-order valence-corrected chi connectivity index (χ1v) is 6.75. The van der Waals surface area contributed by atoms with Gasteiger partial charge in [0.2, 0.25) is 5.89 Å². The minimum Gasteiger partial charge on any atom is -0.337 e. The molecule has 2 rings (SSSR count). The Morgan fingerprint density at radius 3 is 2.58 bits per heavy atom. The molecule has 0 aliphatic rings. The number of rotatable bonds is 3. The Labute approximate surface area is 119 Å². The first-order valence-electron chi connectivity index (χ1n) is 5.96. The zero-order valence-electron chi connectivity index (χ0n) is 11.3. The van der Waals surface area contributed by atoms with E-state index in [0.29, 0.717) is 17.4 Å². The lowest BCUT2D eigenvalue weighted by Gasteiger charge is -2.09. The summed E-state index contributed by atoms with van der Waals surface area (Å²) in [6.45, 7) is 7.83. The van der Waals surface area contributed by atoms with Crippen LogP contribution in [0, 0.1) is 13.8 Å². The van der Waals surface area contributed by atoms with Gasteiger partial charge in [-0.2, -0.15) is 9.97 Å². The second-order valence-corrected chi connectivity index (χ2v) is 5.46. The van der Waals surface area contributed by atoms with Crippen molar-refractivity contribution in [3.05, 3.63) is 38.1 Å². The number of hydrogen-bond acceptors (Lipinski definition) is 5. The summed E-state index contributed by atoms with van der Waals surface area (Å²) >= 11 is 3.42. The number of nitrogens with zero attached hydrogens (tertiary/aromatic N) is 4. The molecule has 0 atom stereocenters. The first kappa shape index (κ1) is 13.9. The van der Waals surface area contributed by atoms with E-state index < -0.39 is 0 Å². The summed E-state index contributed by atoms with van der Waals surface area (Å²) in [5.74, 6) is 1.24. The van der Waals surface area contributed by atoms with Gasteiger partial charge in [0, 0.05) is 11.6 Å². The van der Waals surface area contributed by atoms with E-state index in [-0.39, 0.29) is 18.2 Å². The van der Waals surface area contributed by atoms with Crippen LogP contribution >= 0.6 is 15.9 Å². The molecule has 0 N–H and O–H groups in total. The smallest absolute Gasteiger partial charge is 0.337 e. The van der Waals surface area contributed by atoms with Crippen LogP contribution in [-0.2, 0) is 6.54 Å². The zero-order chi connectivity index (χ0) is 14.2. The summed E-state index contributed by atoms with van der Waals surface area (Å²) in [7, 11) is 0. The summed E-state index contributed by atoms with van der Waals surface area (Å²) in [4.78, 5) is 20.1. The van der Waals surface area contributed by atoms with E-state index >= 15 is 0 Å². The van der Waals surface area contributed by atoms with Crippen LogP contribution in [0.25, 0.3) is 0 Å². The molecule has 0 amide bonds. The third kappa shape index (κ3) is 2.75. The molecule has 7 heteroatoms. The summed E-state index contributed by atoms with van der Waals surface area (Å²) in [5, 5.41) is 3.88. The maximum Gasteiger partial charge on any atom is 0.348 e. The monoisotopic (exact) mass is 326 g/mol. The lowest BCUT2D eigenvalue weighted by molar-refractivity contribution is 0.361.